The van der Waals surface area contributed by atoms with Gasteiger partial charge in [0.05, 0.1) is 13.2 Å². The Kier molecular flexibility index (Phi) is 5.98. The molecule has 0 aromatic heterocycles. The number of rotatable bonds is 5. The van der Waals surface area contributed by atoms with E-state index in [1.54, 1.807) is 26.8 Å². The van der Waals surface area contributed by atoms with Crippen LogP contribution in [0.5, 0.6) is 0 Å². The van der Waals surface area contributed by atoms with E-state index in [1.165, 1.54) is 0 Å². The highest BCUT2D eigenvalue weighted by atomic mass is 16.8. The molecule has 0 radical (unpaired) electrons. The Balaban J connectivity index is 2.84. The third-order valence-electron chi connectivity index (χ3n) is 2.68. The van der Waals surface area contributed by atoms with E-state index >= 15 is 0 Å². The number of esters is 2. The summed E-state index contributed by atoms with van der Waals surface area (Å²) in [7, 11) is 0. The molecule has 0 unspecified atom stereocenters. The van der Waals surface area contributed by atoms with Gasteiger partial charge in [0.1, 0.15) is 0 Å². The molecule has 0 spiro atoms. The van der Waals surface area contributed by atoms with E-state index in [9.17, 15) is 9.59 Å². The molecular formula is C13H20O6. The maximum atomic E-state index is 11.8. The summed E-state index contributed by atoms with van der Waals surface area (Å²) in [5.74, 6) is -1.24. The molecular weight excluding hydrogens is 252 g/mol. The van der Waals surface area contributed by atoms with Crippen molar-refractivity contribution >= 4 is 11.9 Å². The molecule has 1 fully saturated rings. The predicted octanol–water partition coefficient (Wildman–Crippen LogP) is 1.19. The van der Waals surface area contributed by atoms with Crippen molar-refractivity contribution in [2.75, 3.05) is 13.2 Å². The van der Waals surface area contributed by atoms with Crippen molar-refractivity contribution < 1.29 is 28.5 Å². The van der Waals surface area contributed by atoms with Gasteiger partial charge in [-0.1, -0.05) is 6.08 Å². The SMILES string of the molecule is C/C=C(\C)C1O[C@H](C(=O)OCC)[C@@H](C(=O)OCC)O1. The number of hydrogen-bond acceptors (Lipinski definition) is 6. The predicted molar refractivity (Wildman–Crippen MR) is 66.2 cm³/mol. The van der Waals surface area contributed by atoms with E-state index < -0.39 is 30.4 Å². The fourth-order valence-corrected chi connectivity index (χ4v) is 1.60. The van der Waals surface area contributed by atoms with E-state index in [1.807, 2.05) is 6.92 Å². The quantitative estimate of drug-likeness (QED) is 0.553. The third kappa shape index (κ3) is 3.78. The van der Waals surface area contributed by atoms with Crippen LogP contribution in [0.2, 0.25) is 0 Å². The largest absolute Gasteiger partial charge is 0.464 e. The van der Waals surface area contributed by atoms with Gasteiger partial charge in [0.25, 0.3) is 0 Å². The van der Waals surface area contributed by atoms with E-state index in [4.69, 9.17) is 18.9 Å². The molecule has 1 heterocycles. The van der Waals surface area contributed by atoms with Gasteiger partial charge in [-0.05, 0) is 33.3 Å². The van der Waals surface area contributed by atoms with Gasteiger partial charge < -0.3 is 18.9 Å². The molecule has 1 rings (SSSR count). The molecule has 0 N–H and O–H groups in total. The summed E-state index contributed by atoms with van der Waals surface area (Å²) in [6.45, 7) is 7.39. The molecule has 0 saturated carbocycles. The number of carbonyl (C=O) groups is 2. The Morgan fingerprint density at radius 1 is 1.05 bits per heavy atom. The second-order valence-electron chi connectivity index (χ2n) is 3.98. The van der Waals surface area contributed by atoms with Gasteiger partial charge in [0.15, 0.2) is 18.5 Å². The van der Waals surface area contributed by atoms with Gasteiger partial charge in [-0.2, -0.15) is 0 Å². The zero-order chi connectivity index (χ0) is 14.4. The van der Waals surface area contributed by atoms with Crippen molar-refractivity contribution in [2.24, 2.45) is 0 Å². The topological polar surface area (TPSA) is 71.1 Å². The normalized spacial score (nSPS) is 24.3. The highest BCUT2D eigenvalue weighted by Gasteiger charge is 2.47. The highest BCUT2D eigenvalue weighted by Crippen LogP contribution is 2.26. The Morgan fingerprint density at radius 2 is 1.47 bits per heavy atom. The Bertz CT molecular complexity index is 336. The summed E-state index contributed by atoms with van der Waals surface area (Å²) in [5.41, 5.74) is 0.779. The molecule has 6 heteroatoms. The summed E-state index contributed by atoms with van der Waals surface area (Å²) in [6, 6.07) is 0. The number of hydrogen-bond donors (Lipinski definition) is 0. The summed E-state index contributed by atoms with van der Waals surface area (Å²) in [6.07, 6.45) is -1.10. The van der Waals surface area contributed by atoms with Gasteiger partial charge in [0.2, 0.25) is 0 Å². The molecule has 0 amide bonds. The van der Waals surface area contributed by atoms with Crippen LogP contribution in [0, 0.1) is 0 Å². The molecule has 6 nitrogen and oxygen atoms in total. The van der Waals surface area contributed by atoms with E-state index in [2.05, 4.69) is 0 Å². The molecule has 1 aliphatic heterocycles. The Labute approximate surface area is 112 Å². The smallest absolute Gasteiger partial charge is 0.338 e. The molecule has 19 heavy (non-hydrogen) atoms. The molecule has 108 valence electrons. The van der Waals surface area contributed by atoms with Crippen molar-refractivity contribution in [3.8, 4) is 0 Å². The zero-order valence-corrected chi connectivity index (χ0v) is 11.7. The van der Waals surface area contributed by atoms with E-state index in [0.717, 1.165) is 5.57 Å². The van der Waals surface area contributed by atoms with Gasteiger partial charge in [-0.15, -0.1) is 0 Å². The van der Waals surface area contributed by atoms with Crippen LogP contribution in [-0.2, 0) is 28.5 Å². The third-order valence-corrected chi connectivity index (χ3v) is 2.68. The van der Waals surface area contributed by atoms with Gasteiger partial charge >= 0.3 is 11.9 Å². The van der Waals surface area contributed by atoms with Crippen LogP contribution in [-0.4, -0.2) is 43.7 Å². The lowest BCUT2D eigenvalue weighted by atomic mass is 10.2. The second kappa shape index (κ2) is 7.25. The molecule has 1 aliphatic rings. The van der Waals surface area contributed by atoms with Crippen molar-refractivity contribution in [1.29, 1.82) is 0 Å². The van der Waals surface area contributed by atoms with Crippen LogP contribution in [0.25, 0.3) is 0 Å². The lowest BCUT2D eigenvalue weighted by molar-refractivity contribution is -0.163. The van der Waals surface area contributed by atoms with Crippen LogP contribution in [0.3, 0.4) is 0 Å². The van der Waals surface area contributed by atoms with Crippen molar-refractivity contribution in [3.63, 3.8) is 0 Å². The summed E-state index contributed by atoms with van der Waals surface area (Å²) in [5, 5.41) is 0. The van der Waals surface area contributed by atoms with E-state index in [-0.39, 0.29) is 13.2 Å². The van der Waals surface area contributed by atoms with Gasteiger partial charge in [-0.25, -0.2) is 9.59 Å². The summed E-state index contributed by atoms with van der Waals surface area (Å²) in [4.78, 5) is 23.5. The van der Waals surface area contributed by atoms with Crippen LogP contribution in [0.4, 0.5) is 0 Å². The summed E-state index contributed by atoms with van der Waals surface area (Å²) >= 11 is 0. The lowest BCUT2D eigenvalue weighted by Gasteiger charge is -2.13. The molecule has 0 aromatic carbocycles. The number of ether oxygens (including phenoxy) is 4. The maximum absolute atomic E-state index is 11.8. The fraction of sp³-hybridized carbons (Fsp3) is 0.692. The highest BCUT2D eigenvalue weighted by molar-refractivity contribution is 5.86. The number of carbonyl (C=O) groups excluding carboxylic acids is 2. The van der Waals surface area contributed by atoms with Crippen LogP contribution >= 0.6 is 0 Å². The first-order valence-electron chi connectivity index (χ1n) is 6.32. The molecule has 0 bridgehead atoms. The van der Waals surface area contributed by atoms with Crippen molar-refractivity contribution in [1.82, 2.24) is 0 Å². The minimum Gasteiger partial charge on any atom is -0.464 e. The standard InChI is InChI=1S/C13H20O6/c1-5-8(4)13-18-9(11(14)16-6-2)10(19-13)12(15)17-7-3/h5,9-10,13H,6-7H2,1-4H3/b8-5+/t9-,10-/m0/s1. The molecule has 0 aromatic rings. The van der Waals surface area contributed by atoms with Crippen LogP contribution < -0.4 is 0 Å². The average molecular weight is 272 g/mol. The Morgan fingerprint density at radius 3 is 1.79 bits per heavy atom. The van der Waals surface area contributed by atoms with Crippen molar-refractivity contribution in [2.45, 2.75) is 46.2 Å². The summed E-state index contributed by atoms with van der Waals surface area (Å²) < 4.78 is 20.6. The minimum absolute atomic E-state index is 0.210. The molecule has 2 atom stereocenters. The second-order valence-corrected chi connectivity index (χ2v) is 3.98. The first kappa shape index (κ1) is 15.7. The van der Waals surface area contributed by atoms with Crippen molar-refractivity contribution in [3.05, 3.63) is 11.6 Å². The zero-order valence-electron chi connectivity index (χ0n) is 11.7. The number of allylic oxidation sites excluding steroid dienone is 1. The van der Waals surface area contributed by atoms with E-state index in [0.29, 0.717) is 0 Å². The maximum Gasteiger partial charge on any atom is 0.338 e. The minimum atomic E-state index is -1.08. The lowest BCUT2D eigenvalue weighted by Crippen LogP contribution is -2.39. The Hall–Kier alpha value is -1.40. The monoisotopic (exact) mass is 272 g/mol. The van der Waals surface area contributed by atoms with Crippen LogP contribution in [0.1, 0.15) is 27.7 Å². The van der Waals surface area contributed by atoms with Gasteiger partial charge in [-0.3, -0.25) is 0 Å². The molecule has 0 aliphatic carbocycles. The first-order valence-corrected chi connectivity index (χ1v) is 6.32. The van der Waals surface area contributed by atoms with Gasteiger partial charge in [0, 0.05) is 0 Å². The average Bonchev–Trinajstić information content (AvgIpc) is 2.83. The molecule has 1 saturated heterocycles. The van der Waals surface area contributed by atoms with Crippen LogP contribution in [0.15, 0.2) is 11.6 Å². The first-order chi connectivity index (χ1) is 9.04. The fourth-order valence-electron chi connectivity index (χ4n) is 1.60.